The van der Waals surface area contributed by atoms with Gasteiger partial charge in [-0.25, -0.2) is 8.42 Å². The van der Waals surface area contributed by atoms with Crippen LogP contribution >= 0.6 is 0 Å². The third kappa shape index (κ3) is 4.51. The molecule has 3 aromatic rings. The van der Waals surface area contributed by atoms with Gasteiger partial charge in [-0.05, 0) is 59.9 Å². The van der Waals surface area contributed by atoms with Crippen LogP contribution in [0.15, 0.2) is 65.6 Å². The molecule has 4 rings (SSSR count). The van der Waals surface area contributed by atoms with Crippen molar-refractivity contribution in [1.29, 1.82) is 0 Å². The average Bonchev–Trinajstić information content (AvgIpc) is 2.78. The molecule has 0 bridgehead atoms. The van der Waals surface area contributed by atoms with Crippen LogP contribution in [0, 0.1) is 5.92 Å². The van der Waals surface area contributed by atoms with Crippen molar-refractivity contribution in [3.63, 3.8) is 0 Å². The van der Waals surface area contributed by atoms with Gasteiger partial charge in [0.15, 0.2) is 0 Å². The number of hydrogen-bond acceptors (Lipinski definition) is 4. The number of fused-ring (bicyclic) bond motifs is 1. The number of anilines is 1. The van der Waals surface area contributed by atoms with E-state index < -0.39 is 10.0 Å². The second-order valence-corrected chi connectivity index (χ2v) is 9.69. The zero-order valence-electron chi connectivity index (χ0n) is 17.7. The molecule has 0 aromatic heterocycles. The Balaban J connectivity index is 1.63. The summed E-state index contributed by atoms with van der Waals surface area (Å²) in [6.07, 6.45) is 1.88. The fourth-order valence-electron chi connectivity index (χ4n) is 3.87. The van der Waals surface area contributed by atoms with Crippen LogP contribution in [0.5, 0.6) is 5.75 Å². The number of sulfonamides is 1. The van der Waals surface area contributed by atoms with Crippen molar-refractivity contribution < 1.29 is 17.9 Å². The zero-order valence-corrected chi connectivity index (χ0v) is 18.5. The summed E-state index contributed by atoms with van der Waals surface area (Å²) in [4.78, 5) is 14.9. The number of amides is 1. The molecule has 0 aliphatic carbocycles. The first-order valence-corrected chi connectivity index (χ1v) is 11.8. The van der Waals surface area contributed by atoms with Gasteiger partial charge in [-0.3, -0.25) is 9.52 Å². The van der Waals surface area contributed by atoms with Gasteiger partial charge in [0.1, 0.15) is 5.75 Å². The maximum Gasteiger partial charge on any atom is 0.261 e. The molecule has 1 N–H and O–H groups in total. The summed E-state index contributed by atoms with van der Waals surface area (Å²) in [6.45, 7) is 3.50. The van der Waals surface area contributed by atoms with Gasteiger partial charge in [-0.2, -0.15) is 0 Å². The topological polar surface area (TPSA) is 75.7 Å². The van der Waals surface area contributed by atoms with E-state index in [9.17, 15) is 13.2 Å². The lowest BCUT2D eigenvalue weighted by atomic mass is 9.98. The summed E-state index contributed by atoms with van der Waals surface area (Å²) in [5.41, 5.74) is 0.728. The van der Waals surface area contributed by atoms with Crippen molar-refractivity contribution >= 4 is 32.4 Å². The molecule has 0 unspecified atom stereocenters. The van der Waals surface area contributed by atoms with Gasteiger partial charge in [0.05, 0.1) is 17.6 Å². The van der Waals surface area contributed by atoms with Gasteiger partial charge in [0.2, 0.25) is 0 Å². The van der Waals surface area contributed by atoms with E-state index in [-0.39, 0.29) is 16.4 Å². The summed E-state index contributed by atoms with van der Waals surface area (Å²) in [5.74, 6) is 0.753. The fourth-order valence-corrected chi connectivity index (χ4v) is 4.95. The first-order chi connectivity index (χ1) is 14.9. The minimum Gasteiger partial charge on any atom is -0.496 e. The molecular weight excluding hydrogens is 412 g/mol. The fraction of sp³-hybridized carbons (Fsp3) is 0.292. The molecule has 1 fully saturated rings. The van der Waals surface area contributed by atoms with Crippen molar-refractivity contribution in [2.75, 3.05) is 24.9 Å². The molecule has 7 heteroatoms. The van der Waals surface area contributed by atoms with E-state index in [1.165, 1.54) is 25.3 Å². The monoisotopic (exact) mass is 438 g/mol. The highest BCUT2D eigenvalue weighted by atomic mass is 32.2. The number of rotatable bonds is 5. The standard InChI is InChI=1S/C24H26N2O4S/c1-17-11-13-26(14-12-17)24(27)22-16-21(9-10-23(22)30-2)31(28,29)25-20-8-7-18-5-3-4-6-19(18)15-20/h3-10,15-17,25H,11-14H2,1-2H3. The maximum atomic E-state index is 13.1. The van der Waals surface area contributed by atoms with Crippen molar-refractivity contribution in [2.45, 2.75) is 24.7 Å². The molecule has 0 radical (unpaired) electrons. The first-order valence-electron chi connectivity index (χ1n) is 10.4. The molecule has 0 spiro atoms. The van der Waals surface area contributed by atoms with Gasteiger partial charge >= 0.3 is 0 Å². The molecule has 6 nitrogen and oxygen atoms in total. The number of piperidine rings is 1. The Morgan fingerprint density at radius 2 is 1.71 bits per heavy atom. The molecule has 1 amide bonds. The minimum atomic E-state index is -3.88. The Morgan fingerprint density at radius 3 is 2.42 bits per heavy atom. The van der Waals surface area contributed by atoms with Crippen LogP contribution in [0.2, 0.25) is 0 Å². The van der Waals surface area contributed by atoms with Crippen molar-refractivity contribution in [3.05, 3.63) is 66.2 Å². The van der Waals surface area contributed by atoms with E-state index in [2.05, 4.69) is 11.6 Å². The number of benzene rings is 3. The number of hydrogen-bond donors (Lipinski definition) is 1. The van der Waals surface area contributed by atoms with E-state index in [1.807, 2.05) is 30.3 Å². The second kappa shape index (κ2) is 8.59. The predicted molar refractivity (Wildman–Crippen MR) is 122 cm³/mol. The number of nitrogens with zero attached hydrogens (tertiary/aromatic N) is 1. The number of carbonyl (C=O) groups is 1. The molecule has 3 aromatic carbocycles. The summed E-state index contributed by atoms with van der Waals surface area (Å²) in [6, 6.07) is 17.5. The van der Waals surface area contributed by atoms with Crippen molar-refractivity contribution in [1.82, 2.24) is 4.90 Å². The van der Waals surface area contributed by atoms with Crippen LogP contribution in [-0.4, -0.2) is 39.4 Å². The normalized spacial score (nSPS) is 15.1. The van der Waals surface area contributed by atoms with Gasteiger partial charge in [0.25, 0.3) is 15.9 Å². The highest BCUT2D eigenvalue weighted by Gasteiger charge is 2.26. The van der Waals surface area contributed by atoms with Crippen molar-refractivity contribution in [2.24, 2.45) is 5.92 Å². The first kappa shape index (κ1) is 21.2. The van der Waals surface area contributed by atoms with Crippen LogP contribution in [0.3, 0.4) is 0 Å². The highest BCUT2D eigenvalue weighted by molar-refractivity contribution is 7.92. The maximum absolute atomic E-state index is 13.1. The van der Waals surface area contributed by atoms with Crippen LogP contribution in [0.25, 0.3) is 10.8 Å². The molecule has 1 saturated heterocycles. The van der Waals surface area contributed by atoms with E-state index in [1.54, 1.807) is 17.0 Å². The largest absolute Gasteiger partial charge is 0.496 e. The highest BCUT2D eigenvalue weighted by Crippen LogP contribution is 2.28. The number of ether oxygens (including phenoxy) is 1. The summed E-state index contributed by atoms with van der Waals surface area (Å²) >= 11 is 0. The van der Waals surface area contributed by atoms with E-state index >= 15 is 0 Å². The van der Waals surface area contributed by atoms with Gasteiger partial charge in [-0.1, -0.05) is 37.3 Å². The van der Waals surface area contributed by atoms with Crippen molar-refractivity contribution in [3.8, 4) is 5.75 Å². The molecule has 0 atom stereocenters. The molecule has 31 heavy (non-hydrogen) atoms. The van der Waals surface area contributed by atoms with E-state index in [4.69, 9.17) is 4.74 Å². The molecule has 162 valence electrons. The van der Waals surface area contributed by atoms with Crippen LogP contribution in [0.1, 0.15) is 30.1 Å². The lowest BCUT2D eigenvalue weighted by Crippen LogP contribution is -2.38. The van der Waals surface area contributed by atoms with Gasteiger partial charge in [-0.15, -0.1) is 0 Å². The Morgan fingerprint density at radius 1 is 1.00 bits per heavy atom. The van der Waals surface area contributed by atoms with Crippen LogP contribution < -0.4 is 9.46 Å². The predicted octanol–water partition coefficient (Wildman–Crippen LogP) is 4.52. The van der Waals surface area contributed by atoms with Crippen LogP contribution in [-0.2, 0) is 10.0 Å². The van der Waals surface area contributed by atoms with E-state index in [0.29, 0.717) is 30.4 Å². The molecule has 0 saturated carbocycles. The minimum absolute atomic E-state index is 0.0233. The Kier molecular flexibility index (Phi) is 5.87. The average molecular weight is 439 g/mol. The number of carbonyl (C=O) groups excluding carboxylic acids is 1. The summed E-state index contributed by atoms with van der Waals surface area (Å²) < 4.78 is 34.1. The molecular formula is C24H26N2O4S. The second-order valence-electron chi connectivity index (χ2n) is 8.00. The quantitative estimate of drug-likeness (QED) is 0.635. The third-order valence-electron chi connectivity index (χ3n) is 5.78. The smallest absolute Gasteiger partial charge is 0.261 e. The lowest BCUT2D eigenvalue weighted by molar-refractivity contribution is 0.0693. The third-order valence-corrected chi connectivity index (χ3v) is 7.16. The van der Waals surface area contributed by atoms with Gasteiger partial charge in [0, 0.05) is 18.8 Å². The number of likely N-dealkylation sites (tertiary alicyclic amines) is 1. The Bertz CT molecular complexity index is 1220. The SMILES string of the molecule is COc1ccc(S(=O)(=O)Nc2ccc3ccccc3c2)cc1C(=O)N1CCC(C)CC1. The van der Waals surface area contributed by atoms with E-state index in [0.717, 1.165) is 23.6 Å². The summed E-state index contributed by atoms with van der Waals surface area (Å²) in [5, 5.41) is 1.96. The zero-order chi connectivity index (χ0) is 22.0. The molecule has 1 aliphatic heterocycles. The Hall–Kier alpha value is -3.06. The lowest BCUT2D eigenvalue weighted by Gasteiger charge is -2.30. The molecule has 1 heterocycles. The van der Waals surface area contributed by atoms with Crippen LogP contribution in [0.4, 0.5) is 5.69 Å². The number of nitrogens with one attached hydrogen (secondary N) is 1. The number of methoxy groups -OCH3 is 1. The summed E-state index contributed by atoms with van der Waals surface area (Å²) in [7, 11) is -2.40. The van der Waals surface area contributed by atoms with Gasteiger partial charge < -0.3 is 9.64 Å². The molecule has 1 aliphatic rings. The Labute approximate surface area is 182 Å².